The molecule has 0 aliphatic carbocycles. The number of rotatable bonds is 5. The Hall–Kier alpha value is -2.25. The van der Waals surface area contributed by atoms with Gasteiger partial charge < -0.3 is 15.0 Å². The summed E-state index contributed by atoms with van der Waals surface area (Å²) in [5, 5.41) is 3.91. The second-order valence-electron chi connectivity index (χ2n) is 7.33. The standard InChI is InChI=1S/C21H25N3O3S/c25-19(22-13-15-5-2-1-3-6-15)16-8-10-24(11-9-16)21(26)18-14-23-20(28-18)17-7-4-12-27-17/h1-3,5-6,14,16-17H,4,7-13H2,(H,22,25). The molecule has 1 aromatic heterocycles. The molecule has 7 heteroatoms. The highest BCUT2D eigenvalue weighted by Crippen LogP contribution is 2.32. The maximum absolute atomic E-state index is 12.8. The summed E-state index contributed by atoms with van der Waals surface area (Å²) in [5.74, 6) is 0.0657. The van der Waals surface area contributed by atoms with Crippen LogP contribution >= 0.6 is 11.3 Å². The van der Waals surface area contributed by atoms with Crippen LogP contribution in [0.5, 0.6) is 0 Å². The van der Waals surface area contributed by atoms with Gasteiger partial charge in [-0.3, -0.25) is 9.59 Å². The van der Waals surface area contributed by atoms with E-state index in [1.54, 1.807) is 6.20 Å². The van der Waals surface area contributed by atoms with E-state index in [4.69, 9.17) is 4.74 Å². The lowest BCUT2D eigenvalue weighted by Gasteiger charge is -2.31. The molecule has 28 heavy (non-hydrogen) atoms. The molecule has 6 nitrogen and oxygen atoms in total. The average Bonchev–Trinajstić information content (AvgIpc) is 3.44. The van der Waals surface area contributed by atoms with Crippen LogP contribution in [0.15, 0.2) is 36.5 Å². The summed E-state index contributed by atoms with van der Waals surface area (Å²) >= 11 is 1.44. The maximum atomic E-state index is 12.8. The normalized spacial score (nSPS) is 20.3. The lowest BCUT2D eigenvalue weighted by molar-refractivity contribution is -0.126. The largest absolute Gasteiger partial charge is 0.371 e. The van der Waals surface area contributed by atoms with E-state index in [1.807, 2.05) is 35.2 Å². The first-order valence-electron chi connectivity index (χ1n) is 9.89. The summed E-state index contributed by atoms with van der Waals surface area (Å²) in [5.41, 5.74) is 1.09. The maximum Gasteiger partial charge on any atom is 0.265 e. The number of hydrogen-bond donors (Lipinski definition) is 1. The topological polar surface area (TPSA) is 71.5 Å². The van der Waals surface area contributed by atoms with Crippen molar-refractivity contribution in [3.63, 3.8) is 0 Å². The number of piperidine rings is 1. The zero-order valence-electron chi connectivity index (χ0n) is 15.8. The molecule has 3 heterocycles. The Morgan fingerprint density at radius 2 is 1.96 bits per heavy atom. The van der Waals surface area contributed by atoms with E-state index < -0.39 is 0 Å². The number of benzene rings is 1. The minimum atomic E-state index is -0.0309. The highest BCUT2D eigenvalue weighted by Gasteiger charge is 2.29. The third kappa shape index (κ3) is 4.42. The van der Waals surface area contributed by atoms with Gasteiger partial charge in [-0.1, -0.05) is 30.3 Å². The Bertz CT molecular complexity index is 809. The van der Waals surface area contributed by atoms with Gasteiger partial charge in [0.25, 0.3) is 5.91 Å². The number of nitrogens with one attached hydrogen (secondary N) is 1. The molecule has 2 fully saturated rings. The van der Waals surface area contributed by atoms with Gasteiger partial charge in [0.2, 0.25) is 5.91 Å². The fourth-order valence-corrected chi connectivity index (χ4v) is 4.71. The first-order valence-corrected chi connectivity index (χ1v) is 10.7. The van der Waals surface area contributed by atoms with E-state index in [9.17, 15) is 9.59 Å². The number of hydrogen-bond acceptors (Lipinski definition) is 5. The third-order valence-corrected chi connectivity index (χ3v) is 6.48. The number of likely N-dealkylation sites (tertiary alicyclic amines) is 1. The molecule has 1 unspecified atom stereocenters. The summed E-state index contributed by atoms with van der Waals surface area (Å²) < 4.78 is 5.65. The Morgan fingerprint density at radius 1 is 1.18 bits per heavy atom. The van der Waals surface area contributed by atoms with Gasteiger partial charge in [-0.15, -0.1) is 11.3 Å². The minimum Gasteiger partial charge on any atom is -0.371 e. The number of nitrogens with zero attached hydrogens (tertiary/aromatic N) is 2. The minimum absolute atomic E-state index is 0.0184. The van der Waals surface area contributed by atoms with Crippen LogP contribution in [-0.2, 0) is 16.1 Å². The van der Waals surface area contributed by atoms with Crippen molar-refractivity contribution in [2.75, 3.05) is 19.7 Å². The molecule has 4 rings (SSSR count). The molecule has 0 saturated carbocycles. The summed E-state index contributed by atoms with van der Waals surface area (Å²) in [4.78, 5) is 32.1. The Balaban J connectivity index is 1.26. The molecule has 1 aromatic carbocycles. The van der Waals surface area contributed by atoms with Crippen LogP contribution in [0, 0.1) is 5.92 Å². The van der Waals surface area contributed by atoms with Crippen molar-refractivity contribution in [2.24, 2.45) is 5.92 Å². The van der Waals surface area contributed by atoms with Crippen LogP contribution in [0.25, 0.3) is 0 Å². The molecular formula is C21H25N3O3S. The van der Waals surface area contributed by atoms with Gasteiger partial charge in [0, 0.05) is 32.2 Å². The molecule has 2 aliphatic heterocycles. The van der Waals surface area contributed by atoms with Crippen molar-refractivity contribution in [3.05, 3.63) is 52.0 Å². The van der Waals surface area contributed by atoms with Crippen LogP contribution in [0.4, 0.5) is 0 Å². The van der Waals surface area contributed by atoms with Gasteiger partial charge in [-0.05, 0) is 31.2 Å². The molecular weight excluding hydrogens is 374 g/mol. The number of amides is 2. The van der Waals surface area contributed by atoms with Crippen molar-refractivity contribution in [2.45, 2.75) is 38.3 Å². The van der Waals surface area contributed by atoms with Crippen molar-refractivity contribution in [1.82, 2.24) is 15.2 Å². The van der Waals surface area contributed by atoms with Crippen LogP contribution in [0.2, 0.25) is 0 Å². The molecule has 148 valence electrons. The van der Waals surface area contributed by atoms with E-state index in [1.165, 1.54) is 11.3 Å². The number of thiazole rings is 1. The summed E-state index contributed by atoms with van der Waals surface area (Å²) in [6, 6.07) is 9.90. The predicted octanol–water partition coefficient (Wildman–Crippen LogP) is 3.16. The lowest BCUT2D eigenvalue weighted by atomic mass is 9.95. The van der Waals surface area contributed by atoms with Gasteiger partial charge in [-0.2, -0.15) is 0 Å². The zero-order valence-corrected chi connectivity index (χ0v) is 16.6. The van der Waals surface area contributed by atoms with Crippen molar-refractivity contribution in [3.8, 4) is 0 Å². The molecule has 1 N–H and O–H groups in total. The van der Waals surface area contributed by atoms with Crippen molar-refractivity contribution in [1.29, 1.82) is 0 Å². The SMILES string of the molecule is O=C(NCc1ccccc1)C1CCN(C(=O)c2cnc(C3CCCO3)s2)CC1. The van der Waals surface area contributed by atoms with Crippen LogP contribution in [0.3, 0.4) is 0 Å². The monoisotopic (exact) mass is 399 g/mol. The smallest absolute Gasteiger partial charge is 0.265 e. The molecule has 2 aliphatic rings. The second-order valence-corrected chi connectivity index (χ2v) is 8.40. The number of aromatic nitrogens is 1. The first kappa shape index (κ1) is 19.1. The highest BCUT2D eigenvalue weighted by molar-refractivity contribution is 7.13. The molecule has 2 saturated heterocycles. The summed E-state index contributed by atoms with van der Waals surface area (Å²) in [6.45, 7) is 2.53. The van der Waals surface area contributed by atoms with Gasteiger partial charge in [-0.25, -0.2) is 4.98 Å². The quantitative estimate of drug-likeness (QED) is 0.838. The fourth-order valence-electron chi connectivity index (χ4n) is 3.74. The Morgan fingerprint density at radius 3 is 2.68 bits per heavy atom. The number of carbonyl (C=O) groups is 2. The molecule has 2 amide bonds. The predicted molar refractivity (Wildman–Crippen MR) is 107 cm³/mol. The van der Waals surface area contributed by atoms with Crippen molar-refractivity contribution >= 4 is 23.2 Å². The van der Waals surface area contributed by atoms with Crippen LogP contribution in [-0.4, -0.2) is 41.4 Å². The van der Waals surface area contributed by atoms with Crippen LogP contribution in [0.1, 0.15) is 52.0 Å². The van der Waals surface area contributed by atoms with Gasteiger partial charge >= 0.3 is 0 Å². The van der Waals surface area contributed by atoms with E-state index in [0.717, 1.165) is 30.0 Å². The highest BCUT2D eigenvalue weighted by atomic mass is 32.1. The molecule has 2 aromatic rings. The van der Waals surface area contributed by atoms with E-state index in [2.05, 4.69) is 10.3 Å². The average molecular weight is 400 g/mol. The van der Waals surface area contributed by atoms with E-state index in [0.29, 0.717) is 37.4 Å². The molecule has 1 atom stereocenters. The van der Waals surface area contributed by atoms with Crippen LogP contribution < -0.4 is 5.32 Å². The first-order chi connectivity index (χ1) is 13.7. The molecule has 0 bridgehead atoms. The second kappa shape index (κ2) is 8.84. The van der Waals surface area contributed by atoms with Crippen molar-refractivity contribution < 1.29 is 14.3 Å². The third-order valence-electron chi connectivity index (χ3n) is 5.40. The summed E-state index contributed by atoms with van der Waals surface area (Å²) in [6.07, 6.45) is 5.14. The molecule has 0 radical (unpaired) electrons. The Kier molecular flexibility index (Phi) is 6.02. The fraction of sp³-hybridized carbons (Fsp3) is 0.476. The van der Waals surface area contributed by atoms with Gasteiger partial charge in [0.15, 0.2) is 0 Å². The lowest BCUT2D eigenvalue weighted by Crippen LogP contribution is -2.42. The van der Waals surface area contributed by atoms with Gasteiger partial charge in [0.1, 0.15) is 16.0 Å². The van der Waals surface area contributed by atoms with E-state index >= 15 is 0 Å². The number of ether oxygens (including phenoxy) is 1. The summed E-state index contributed by atoms with van der Waals surface area (Å²) in [7, 11) is 0. The Labute approximate surface area is 168 Å². The zero-order chi connectivity index (χ0) is 19.3. The van der Waals surface area contributed by atoms with E-state index in [-0.39, 0.29) is 23.8 Å². The molecule has 0 spiro atoms. The van der Waals surface area contributed by atoms with Gasteiger partial charge in [0.05, 0.1) is 6.20 Å². The number of carbonyl (C=O) groups excluding carboxylic acids is 2.